The summed E-state index contributed by atoms with van der Waals surface area (Å²) in [4.78, 5) is 26.3. The number of H-pyrrole nitrogens is 2. The second-order valence-corrected chi connectivity index (χ2v) is 8.81. The van der Waals surface area contributed by atoms with Crippen molar-refractivity contribution < 1.29 is 10.0 Å². The van der Waals surface area contributed by atoms with Crippen LogP contribution < -0.4 is 5.73 Å². The number of imidazole rings is 1. The summed E-state index contributed by atoms with van der Waals surface area (Å²) in [5, 5.41) is 22.9. The highest BCUT2D eigenvalue weighted by Gasteiger charge is 2.21. The highest BCUT2D eigenvalue weighted by Crippen LogP contribution is 2.34. The molecule has 0 bridgehead atoms. The lowest BCUT2D eigenvalue weighted by atomic mass is 9.98. The molecule has 0 saturated heterocycles. The number of benzene rings is 3. The minimum atomic E-state index is -0.452. The van der Waals surface area contributed by atoms with Crippen LogP contribution in [-0.4, -0.2) is 37.2 Å². The normalized spacial score (nSPS) is 11.8. The minimum Gasteiger partial charge on any atom is -0.494 e. The maximum atomic E-state index is 11.5. The number of rotatable bonds is 8. The number of hydrogen-bond acceptors (Lipinski definition) is 6. The first-order valence-electron chi connectivity index (χ1n) is 11.9. The van der Waals surface area contributed by atoms with Crippen LogP contribution in [0.3, 0.4) is 0 Å². The number of aliphatic imine (C=N–C) groups is 1. The van der Waals surface area contributed by atoms with E-state index < -0.39 is 4.92 Å². The Balaban J connectivity index is 1.63. The average molecular weight is 495 g/mol. The smallest absolute Gasteiger partial charge is 0.270 e. The van der Waals surface area contributed by atoms with E-state index in [0.717, 1.165) is 41.1 Å². The SMILES string of the molecule is Cc1ncc(-c2ccc(N=C(c3ccc(CCCN)cc3)c3c(O)[nH]c4ccc([N+](=O)[O-])cc34)cc2)[nH]1. The zero-order chi connectivity index (χ0) is 25.9. The van der Waals surface area contributed by atoms with Crippen molar-refractivity contribution in [2.24, 2.45) is 10.7 Å². The van der Waals surface area contributed by atoms with Gasteiger partial charge in [0.25, 0.3) is 5.69 Å². The molecule has 0 saturated carbocycles. The first-order chi connectivity index (χ1) is 17.9. The van der Waals surface area contributed by atoms with Crippen LogP contribution >= 0.6 is 0 Å². The molecule has 0 aliphatic heterocycles. The molecule has 0 fully saturated rings. The third-order valence-electron chi connectivity index (χ3n) is 6.23. The van der Waals surface area contributed by atoms with E-state index >= 15 is 0 Å². The number of nitro benzene ring substituents is 1. The molecule has 9 heteroatoms. The highest BCUT2D eigenvalue weighted by atomic mass is 16.6. The number of non-ortho nitro benzene ring substituents is 1. The van der Waals surface area contributed by atoms with E-state index in [9.17, 15) is 15.2 Å². The molecule has 0 amide bonds. The molecule has 9 nitrogen and oxygen atoms in total. The lowest BCUT2D eigenvalue weighted by Crippen LogP contribution is -2.04. The van der Waals surface area contributed by atoms with Crippen LogP contribution in [0.25, 0.3) is 22.2 Å². The molecule has 3 aromatic carbocycles. The number of aromatic amines is 2. The summed E-state index contributed by atoms with van der Waals surface area (Å²) in [7, 11) is 0. The molecule has 37 heavy (non-hydrogen) atoms. The number of nitro groups is 1. The highest BCUT2D eigenvalue weighted by molar-refractivity contribution is 6.22. The van der Waals surface area contributed by atoms with Gasteiger partial charge in [0.2, 0.25) is 0 Å². The van der Waals surface area contributed by atoms with Crippen LogP contribution in [0.2, 0.25) is 0 Å². The second kappa shape index (κ2) is 10.1. The summed E-state index contributed by atoms with van der Waals surface area (Å²) in [5.41, 5.74) is 11.5. The standard InChI is InChI=1S/C28H26N6O3/c1-17-30-16-25(31-17)19-8-10-21(11-9-19)32-27(20-6-4-18(5-7-20)3-2-14-29)26-23-15-22(34(36)37)12-13-24(23)33-28(26)35/h4-13,15-16,33,35H,2-3,14,29H2,1H3,(H,30,31). The van der Waals surface area contributed by atoms with Gasteiger partial charge in [0.15, 0.2) is 5.88 Å². The van der Waals surface area contributed by atoms with Gasteiger partial charge in [0.1, 0.15) is 5.82 Å². The summed E-state index contributed by atoms with van der Waals surface area (Å²) >= 11 is 0. The van der Waals surface area contributed by atoms with E-state index in [2.05, 4.69) is 15.0 Å². The molecule has 5 rings (SSSR count). The molecule has 0 atom stereocenters. The Kier molecular flexibility index (Phi) is 6.53. The van der Waals surface area contributed by atoms with E-state index in [0.29, 0.717) is 34.4 Å². The largest absolute Gasteiger partial charge is 0.494 e. The molecular weight excluding hydrogens is 468 g/mol. The van der Waals surface area contributed by atoms with Crippen LogP contribution in [0.4, 0.5) is 11.4 Å². The Morgan fingerprint density at radius 3 is 2.49 bits per heavy atom. The molecular formula is C28H26N6O3. The molecule has 0 spiro atoms. The van der Waals surface area contributed by atoms with Gasteiger partial charge in [-0.05, 0) is 55.6 Å². The summed E-state index contributed by atoms with van der Waals surface area (Å²) < 4.78 is 0. The van der Waals surface area contributed by atoms with Crippen molar-refractivity contribution in [1.82, 2.24) is 15.0 Å². The van der Waals surface area contributed by atoms with Crippen molar-refractivity contribution in [3.05, 3.63) is 106 Å². The molecule has 2 aromatic heterocycles. The van der Waals surface area contributed by atoms with Gasteiger partial charge in [-0.3, -0.25) is 10.1 Å². The monoisotopic (exact) mass is 494 g/mol. The maximum absolute atomic E-state index is 11.5. The Morgan fingerprint density at radius 1 is 1.08 bits per heavy atom. The van der Waals surface area contributed by atoms with Crippen LogP contribution in [0.15, 0.2) is 77.9 Å². The second-order valence-electron chi connectivity index (χ2n) is 8.81. The number of aryl methyl sites for hydroxylation is 2. The molecule has 5 N–H and O–H groups in total. The van der Waals surface area contributed by atoms with Gasteiger partial charge in [-0.1, -0.05) is 36.4 Å². The van der Waals surface area contributed by atoms with Gasteiger partial charge in [-0.2, -0.15) is 0 Å². The first kappa shape index (κ1) is 24.0. The molecule has 186 valence electrons. The van der Waals surface area contributed by atoms with Crippen molar-refractivity contribution in [3.8, 4) is 17.1 Å². The fourth-order valence-electron chi connectivity index (χ4n) is 4.33. The van der Waals surface area contributed by atoms with Crippen molar-refractivity contribution in [2.75, 3.05) is 6.54 Å². The molecule has 0 aliphatic carbocycles. The van der Waals surface area contributed by atoms with Gasteiger partial charge in [-0.15, -0.1) is 0 Å². The van der Waals surface area contributed by atoms with E-state index in [1.807, 2.05) is 55.5 Å². The van der Waals surface area contributed by atoms with Gasteiger partial charge in [-0.25, -0.2) is 9.98 Å². The van der Waals surface area contributed by atoms with Crippen molar-refractivity contribution in [2.45, 2.75) is 19.8 Å². The lowest BCUT2D eigenvalue weighted by molar-refractivity contribution is -0.384. The third kappa shape index (κ3) is 4.98. The predicted molar refractivity (Wildman–Crippen MR) is 144 cm³/mol. The Bertz CT molecular complexity index is 1600. The molecule has 2 heterocycles. The number of nitrogens with one attached hydrogen (secondary N) is 2. The van der Waals surface area contributed by atoms with Crippen LogP contribution in [0, 0.1) is 17.0 Å². The fraction of sp³-hybridized carbons (Fsp3) is 0.143. The average Bonchev–Trinajstić information content (AvgIpc) is 3.48. The van der Waals surface area contributed by atoms with Crippen molar-refractivity contribution in [3.63, 3.8) is 0 Å². The number of hydrogen-bond donors (Lipinski definition) is 4. The number of aromatic nitrogens is 3. The topological polar surface area (TPSA) is 146 Å². The number of nitrogens with zero attached hydrogens (tertiary/aromatic N) is 3. The number of aromatic hydroxyl groups is 1. The first-order valence-corrected chi connectivity index (χ1v) is 11.9. The van der Waals surface area contributed by atoms with E-state index in [1.54, 1.807) is 12.3 Å². The van der Waals surface area contributed by atoms with Gasteiger partial charge >= 0.3 is 0 Å². The van der Waals surface area contributed by atoms with Crippen LogP contribution in [0.5, 0.6) is 5.88 Å². The third-order valence-corrected chi connectivity index (χ3v) is 6.23. The van der Waals surface area contributed by atoms with Crippen molar-refractivity contribution >= 4 is 28.0 Å². The zero-order valence-electron chi connectivity index (χ0n) is 20.2. The minimum absolute atomic E-state index is 0.0663. The lowest BCUT2D eigenvalue weighted by Gasteiger charge is -2.10. The van der Waals surface area contributed by atoms with E-state index in [1.165, 1.54) is 12.1 Å². The number of nitrogens with two attached hydrogens (primary N) is 1. The Hall–Kier alpha value is -4.76. The summed E-state index contributed by atoms with van der Waals surface area (Å²) in [5.74, 6) is 0.726. The zero-order valence-corrected chi connectivity index (χ0v) is 20.2. The molecule has 0 radical (unpaired) electrons. The van der Waals surface area contributed by atoms with Gasteiger partial charge in [0, 0.05) is 28.6 Å². The number of fused-ring (bicyclic) bond motifs is 1. The fourth-order valence-corrected chi connectivity index (χ4v) is 4.33. The molecule has 0 unspecified atom stereocenters. The quantitative estimate of drug-likeness (QED) is 0.127. The summed E-state index contributed by atoms with van der Waals surface area (Å²) in [6.45, 7) is 2.51. The maximum Gasteiger partial charge on any atom is 0.270 e. The summed E-state index contributed by atoms with van der Waals surface area (Å²) in [6, 6.07) is 20.0. The van der Waals surface area contributed by atoms with Gasteiger partial charge < -0.3 is 20.8 Å². The molecule has 5 aromatic rings. The van der Waals surface area contributed by atoms with Crippen LogP contribution in [-0.2, 0) is 6.42 Å². The van der Waals surface area contributed by atoms with Crippen molar-refractivity contribution in [1.29, 1.82) is 0 Å². The summed E-state index contributed by atoms with van der Waals surface area (Å²) in [6.07, 6.45) is 3.53. The van der Waals surface area contributed by atoms with E-state index in [4.69, 9.17) is 10.7 Å². The van der Waals surface area contributed by atoms with Gasteiger partial charge in [0.05, 0.1) is 33.8 Å². The molecule has 0 aliphatic rings. The van der Waals surface area contributed by atoms with E-state index in [-0.39, 0.29) is 11.6 Å². The predicted octanol–water partition coefficient (Wildman–Crippen LogP) is 5.54. The Morgan fingerprint density at radius 2 is 1.84 bits per heavy atom. The van der Waals surface area contributed by atoms with Crippen LogP contribution in [0.1, 0.15) is 28.9 Å². The Labute approximate surface area is 212 Å².